The Hall–Kier alpha value is -2.74. The van der Waals surface area contributed by atoms with Crippen LogP contribution in [0.25, 0.3) is 0 Å². The van der Waals surface area contributed by atoms with E-state index in [9.17, 15) is 13.2 Å². The van der Waals surface area contributed by atoms with Crippen molar-refractivity contribution in [3.05, 3.63) is 81.8 Å². The van der Waals surface area contributed by atoms with Gasteiger partial charge in [-0.3, -0.25) is 9.52 Å². The summed E-state index contributed by atoms with van der Waals surface area (Å²) in [6, 6.07) is 16.2. The van der Waals surface area contributed by atoms with Crippen LogP contribution in [0.15, 0.2) is 65.6 Å². The third kappa shape index (κ3) is 5.91. The Kier molecular flexibility index (Phi) is 7.10. The molecular formula is C22H20Cl2N2O4S. The summed E-state index contributed by atoms with van der Waals surface area (Å²) in [6.07, 6.45) is 0. The molecule has 3 aromatic rings. The van der Waals surface area contributed by atoms with Gasteiger partial charge in [-0.1, -0.05) is 41.4 Å². The number of sulfonamides is 1. The molecule has 31 heavy (non-hydrogen) atoms. The molecule has 2 N–H and O–H groups in total. The van der Waals surface area contributed by atoms with Crippen molar-refractivity contribution >= 4 is 50.5 Å². The van der Waals surface area contributed by atoms with Crippen LogP contribution in [0.3, 0.4) is 0 Å². The lowest BCUT2D eigenvalue weighted by Gasteiger charge is -2.12. The molecule has 9 heteroatoms. The van der Waals surface area contributed by atoms with Gasteiger partial charge >= 0.3 is 0 Å². The van der Waals surface area contributed by atoms with E-state index in [1.165, 1.54) is 24.3 Å². The standard InChI is InChI=1S/C22H20Cl2N2O4S/c1-14-6-7-15(2)20(12-14)26-31(28,29)17-10-8-16(9-11-17)30-13-21(27)25-19-5-3-4-18(23)22(19)24/h3-12,26H,13H2,1-2H3,(H,25,27). The second-order valence-electron chi connectivity index (χ2n) is 6.83. The van der Waals surface area contributed by atoms with E-state index in [1.54, 1.807) is 24.3 Å². The fraction of sp³-hybridized carbons (Fsp3) is 0.136. The Morgan fingerprint density at radius 3 is 2.39 bits per heavy atom. The highest BCUT2D eigenvalue weighted by Crippen LogP contribution is 2.29. The first-order chi connectivity index (χ1) is 14.7. The molecule has 1 amide bonds. The summed E-state index contributed by atoms with van der Waals surface area (Å²) in [5, 5.41) is 3.17. The van der Waals surface area contributed by atoms with Gasteiger partial charge in [0.25, 0.3) is 15.9 Å². The molecule has 0 aliphatic carbocycles. The average molecular weight is 479 g/mol. The van der Waals surface area contributed by atoms with Crippen molar-refractivity contribution < 1.29 is 17.9 Å². The van der Waals surface area contributed by atoms with Crippen LogP contribution < -0.4 is 14.8 Å². The first kappa shape index (κ1) is 22.9. The normalized spacial score (nSPS) is 11.1. The minimum absolute atomic E-state index is 0.0796. The zero-order chi connectivity index (χ0) is 22.6. The second kappa shape index (κ2) is 9.60. The first-order valence-corrected chi connectivity index (χ1v) is 11.5. The van der Waals surface area contributed by atoms with E-state index in [0.29, 0.717) is 22.1 Å². The van der Waals surface area contributed by atoms with E-state index in [1.807, 2.05) is 26.0 Å². The Morgan fingerprint density at radius 1 is 0.968 bits per heavy atom. The van der Waals surface area contributed by atoms with Gasteiger partial charge in [-0.05, 0) is 67.4 Å². The van der Waals surface area contributed by atoms with E-state index in [2.05, 4.69) is 10.0 Å². The zero-order valence-electron chi connectivity index (χ0n) is 16.8. The average Bonchev–Trinajstić information content (AvgIpc) is 2.73. The molecule has 162 valence electrons. The maximum absolute atomic E-state index is 12.7. The highest BCUT2D eigenvalue weighted by molar-refractivity contribution is 7.92. The molecule has 0 saturated carbocycles. The Balaban J connectivity index is 1.62. The first-order valence-electron chi connectivity index (χ1n) is 9.22. The molecule has 0 atom stereocenters. The molecule has 0 bridgehead atoms. The number of nitrogens with one attached hydrogen (secondary N) is 2. The van der Waals surface area contributed by atoms with E-state index in [0.717, 1.165) is 11.1 Å². The lowest BCUT2D eigenvalue weighted by Crippen LogP contribution is -2.20. The molecule has 0 aromatic heterocycles. The summed E-state index contributed by atoms with van der Waals surface area (Å²) in [5.41, 5.74) is 2.67. The number of ether oxygens (including phenoxy) is 1. The molecule has 0 radical (unpaired) electrons. The summed E-state index contributed by atoms with van der Waals surface area (Å²) in [4.78, 5) is 12.2. The predicted molar refractivity (Wildman–Crippen MR) is 124 cm³/mol. The SMILES string of the molecule is Cc1ccc(C)c(NS(=O)(=O)c2ccc(OCC(=O)Nc3cccc(Cl)c3Cl)cc2)c1. The van der Waals surface area contributed by atoms with Crippen LogP contribution >= 0.6 is 23.2 Å². The summed E-state index contributed by atoms with van der Waals surface area (Å²) in [6.45, 7) is 3.44. The van der Waals surface area contributed by atoms with Crippen molar-refractivity contribution in [2.45, 2.75) is 18.7 Å². The van der Waals surface area contributed by atoms with Crippen LogP contribution in [0.5, 0.6) is 5.75 Å². The van der Waals surface area contributed by atoms with Gasteiger partial charge < -0.3 is 10.1 Å². The summed E-state index contributed by atoms with van der Waals surface area (Å²) in [7, 11) is -3.76. The van der Waals surface area contributed by atoms with Crippen molar-refractivity contribution in [1.29, 1.82) is 0 Å². The van der Waals surface area contributed by atoms with Gasteiger partial charge in [0, 0.05) is 0 Å². The Labute approximate surface area is 191 Å². The number of hydrogen-bond donors (Lipinski definition) is 2. The lowest BCUT2D eigenvalue weighted by molar-refractivity contribution is -0.118. The number of anilines is 2. The van der Waals surface area contributed by atoms with Crippen molar-refractivity contribution in [1.82, 2.24) is 0 Å². The molecular weight excluding hydrogens is 459 g/mol. The van der Waals surface area contributed by atoms with Gasteiger partial charge in [0.05, 0.1) is 26.3 Å². The minimum atomic E-state index is -3.76. The quantitative estimate of drug-likeness (QED) is 0.474. The van der Waals surface area contributed by atoms with Crippen LogP contribution in [0.2, 0.25) is 10.0 Å². The molecule has 0 unspecified atom stereocenters. The molecule has 0 heterocycles. The molecule has 0 spiro atoms. The number of rotatable bonds is 7. The Bertz CT molecular complexity index is 1210. The molecule has 0 fully saturated rings. The molecule has 0 aliphatic rings. The van der Waals surface area contributed by atoms with Crippen molar-refractivity contribution in [2.75, 3.05) is 16.6 Å². The van der Waals surface area contributed by atoms with Crippen LogP contribution in [0.4, 0.5) is 11.4 Å². The van der Waals surface area contributed by atoms with Crippen molar-refractivity contribution in [2.24, 2.45) is 0 Å². The largest absolute Gasteiger partial charge is 0.484 e. The highest BCUT2D eigenvalue weighted by Gasteiger charge is 2.16. The number of amides is 1. The van der Waals surface area contributed by atoms with E-state index in [4.69, 9.17) is 27.9 Å². The van der Waals surface area contributed by atoms with Crippen LogP contribution in [0.1, 0.15) is 11.1 Å². The summed E-state index contributed by atoms with van der Waals surface area (Å²) >= 11 is 12.0. The lowest BCUT2D eigenvalue weighted by atomic mass is 10.1. The third-order valence-corrected chi connectivity index (χ3v) is 6.57. The molecule has 3 rings (SSSR count). The van der Waals surface area contributed by atoms with Crippen molar-refractivity contribution in [3.8, 4) is 5.75 Å². The van der Waals surface area contributed by atoms with E-state index < -0.39 is 15.9 Å². The number of hydrogen-bond acceptors (Lipinski definition) is 4. The van der Waals surface area contributed by atoms with Gasteiger partial charge in [-0.15, -0.1) is 0 Å². The van der Waals surface area contributed by atoms with Gasteiger partial charge in [0.1, 0.15) is 5.75 Å². The molecule has 6 nitrogen and oxygen atoms in total. The number of carbonyl (C=O) groups excluding carboxylic acids is 1. The molecule has 0 saturated heterocycles. The Morgan fingerprint density at radius 2 is 1.68 bits per heavy atom. The second-order valence-corrected chi connectivity index (χ2v) is 9.30. The fourth-order valence-corrected chi connectivity index (χ4v) is 4.17. The number of benzene rings is 3. The summed E-state index contributed by atoms with van der Waals surface area (Å²) in [5.74, 6) is -0.0875. The minimum Gasteiger partial charge on any atom is -0.484 e. The van der Waals surface area contributed by atoms with Gasteiger partial charge in [0.15, 0.2) is 6.61 Å². The topological polar surface area (TPSA) is 84.5 Å². The van der Waals surface area contributed by atoms with Crippen molar-refractivity contribution in [3.63, 3.8) is 0 Å². The van der Waals surface area contributed by atoms with Crippen LogP contribution in [0, 0.1) is 13.8 Å². The van der Waals surface area contributed by atoms with Crippen LogP contribution in [-0.4, -0.2) is 20.9 Å². The van der Waals surface area contributed by atoms with Gasteiger partial charge in [-0.25, -0.2) is 8.42 Å². The van der Waals surface area contributed by atoms with E-state index in [-0.39, 0.29) is 16.5 Å². The highest BCUT2D eigenvalue weighted by atomic mass is 35.5. The van der Waals surface area contributed by atoms with E-state index >= 15 is 0 Å². The molecule has 0 aliphatic heterocycles. The van der Waals surface area contributed by atoms with Crippen LogP contribution in [-0.2, 0) is 14.8 Å². The fourth-order valence-electron chi connectivity index (χ4n) is 2.70. The van der Waals surface area contributed by atoms with Gasteiger partial charge in [-0.2, -0.15) is 0 Å². The number of halogens is 2. The number of carbonyl (C=O) groups is 1. The predicted octanol–water partition coefficient (Wildman–Crippen LogP) is 5.43. The zero-order valence-corrected chi connectivity index (χ0v) is 19.1. The monoisotopic (exact) mass is 478 g/mol. The molecule has 3 aromatic carbocycles. The van der Waals surface area contributed by atoms with Gasteiger partial charge in [0.2, 0.25) is 0 Å². The maximum Gasteiger partial charge on any atom is 0.262 e. The number of aryl methyl sites for hydroxylation is 2. The third-order valence-electron chi connectivity index (χ3n) is 4.37. The maximum atomic E-state index is 12.7. The smallest absolute Gasteiger partial charge is 0.262 e. The summed E-state index contributed by atoms with van der Waals surface area (Å²) < 4.78 is 33.4.